The van der Waals surface area contributed by atoms with Crippen LogP contribution >= 0.6 is 22.9 Å². The average molecular weight is 273 g/mol. The fourth-order valence-electron chi connectivity index (χ4n) is 1.24. The van der Waals surface area contributed by atoms with E-state index in [1.54, 1.807) is 18.3 Å². The minimum atomic E-state index is -1.15. The van der Waals surface area contributed by atoms with Crippen LogP contribution in [0.25, 0.3) is 0 Å². The normalized spacial score (nSPS) is 12.6. The van der Waals surface area contributed by atoms with Gasteiger partial charge in [0, 0.05) is 11.1 Å². The number of nitrogen functional groups attached to an aromatic ring is 1. The largest absolute Gasteiger partial charge is 0.396 e. The molecule has 2 heterocycles. The van der Waals surface area contributed by atoms with Crippen LogP contribution in [0.2, 0.25) is 4.34 Å². The molecular weight excluding hydrogens is 264 g/mol. The maximum absolute atomic E-state index is 12.0. The van der Waals surface area contributed by atoms with Gasteiger partial charge in [0.1, 0.15) is 0 Å². The molecule has 6 heteroatoms. The highest BCUT2D eigenvalue weighted by molar-refractivity contribution is 7.84. The number of aromatic nitrogens is 1. The van der Waals surface area contributed by atoms with Crippen LogP contribution in [0, 0.1) is 0 Å². The lowest BCUT2D eigenvalue weighted by Crippen LogP contribution is -2.00. The zero-order valence-corrected chi connectivity index (χ0v) is 10.6. The van der Waals surface area contributed by atoms with Crippen LogP contribution in [0.3, 0.4) is 0 Å². The van der Waals surface area contributed by atoms with Crippen LogP contribution in [0.5, 0.6) is 0 Å². The van der Waals surface area contributed by atoms with E-state index in [9.17, 15) is 4.21 Å². The summed E-state index contributed by atoms with van der Waals surface area (Å²) >= 11 is 7.24. The maximum Gasteiger partial charge on any atom is 0.0931 e. The zero-order valence-electron chi connectivity index (χ0n) is 8.22. The Morgan fingerprint density at radius 1 is 1.44 bits per heavy atom. The monoisotopic (exact) mass is 272 g/mol. The Morgan fingerprint density at radius 2 is 2.25 bits per heavy atom. The second-order valence-corrected chi connectivity index (χ2v) is 6.33. The van der Waals surface area contributed by atoms with Crippen molar-refractivity contribution in [2.75, 3.05) is 5.73 Å². The first-order valence-electron chi connectivity index (χ1n) is 4.49. The van der Waals surface area contributed by atoms with Crippen molar-refractivity contribution < 1.29 is 4.21 Å². The van der Waals surface area contributed by atoms with Crippen LogP contribution in [-0.2, 0) is 16.6 Å². The first kappa shape index (κ1) is 11.6. The van der Waals surface area contributed by atoms with E-state index in [0.29, 0.717) is 20.7 Å². The first-order valence-corrected chi connectivity index (χ1v) is 7.00. The lowest BCUT2D eigenvalue weighted by molar-refractivity contribution is 0.683. The standard InChI is InChI=1S/C10H9ClN2OS2/c11-10-2-1-7(15-10)6-16(14)9-3-4-13-5-8(9)12/h1-5H,6,12H2. The summed E-state index contributed by atoms with van der Waals surface area (Å²) in [7, 11) is -1.15. The van der Waals surface area contributed by atoms with Crippen molar-refractivity contribution in [3.8, 4) is 0 Å². The second kappa shape index (κ2) is 4.95. The van der Waals surface area contributed by atoms with Crippen LogP contribution < -0.4 is 5.73 Å². The molecule has 2 aromatic rings. The quantitative estimate of drug-likeness (QED) is 0.935. The number of anilines is 1. The third-order valence-corrected chi connectivity index (χ3v) is 4.81. The highest BCUT2D eigenvalue weighted by atomic mass is 35.5. The molecular formula is C10H9ClN2OS2. The van der Waals surface area contributed by atoms with Crippen LogP contribution in [0.4, 0.5) is 5.69 Å². The van der Waals surface area contributed by atoms with Gasteiger partial charge in [0.25, 0.3) is 0 Å². The van der Waals surface area contributed by atoms with Gasteiger partial charge >= 0.3 is 0 Å². The highest BCUT2D eigenvalue weighted by Gasteiger charge is 2.09. The molecule has 2 aromatic heterocycles. The van der Waals surface area contributed by atoms with Gasteiger partial charge in [-0.15, -0.1) is 11.3 Å². The van der Waals surface area contributed by atoms with Crippen molar-refractivity contribution in [1.29, 1.82) is 0 Å². The molecule has 0 aliphatic carbocycles. The molecule has 84 valence electrons. The molecule has 3 nitrogen and oxygen atoms in total. The first-order chi connectivity index (χ1) is 7.66. The number of hydrogen-bond donors (Lipinski definition) is 1. The van der Waals surface area contributed by atoms with E-state index < -0.39 is 10.8 Å². The molecule has 0 saturated carbocycles. The number of halogens is 1. The Balaban J connectivity index is 2.18. The van der Waals surface area contributed by atoms with Gasteiger partial charge in [-0.25, -0.2) is 0 Å². The Morgan fingerprint density at radius 3 is 2.88 bits per heavy atom. The van der Waals surface area contributed by atoms with E-state index in [1.807, 2.05) is 6.07 Å². The number of hydrogen-bond acceptors (Lipinski definition) is 4. The van der Waals surface area contributed by atoms with Crippen LogP contribution in [0.15, 0.2) is 35.5 Å². The Hall–Kier alpha value is -0.910. The molecule has 0 aliphatic heterocycles. The van der Waals surface area contributed by atoms with E-state index in [4.69, 9.17) is 17.3 Å². The predicted molar refractivity (Wildman–Crippen MR) is 68.1 cm³/mol. The van der Waals surface area contributed by atoms with Gasteiger partial charge < -0.3 is 5.73 Å². The molecule has 0 radical (unpaired) electrons. The summed E-state index contributed by atoms with van der Waals surface area (Å²) in [6, 6.07) is 5.36. The topological polar surface area (TPSA) is 56.0 Å². The number of nitrogens with zero attached hydrogens (tertiary/aromatic N) is 1. The number of rotatable bonds is 3. The smallest absolute Gasteiger partial charge is 0.0931 e. The van der Waals surface area contributed by atoms with E-state index in [-0.39, 0.29) is 0 Å². The molecule has 0 saturated heterocycles. The van der Waals surface area contributed by atoms with Crippen LogP contribution in [0.1, 0.15) is 4.88 Å². The van der Waals surface area contributed by atoms with Crippen molar-refractivity contribution >= 4 is 39.4 Å². The van der Waals surface area contributed by atoms with Crippen molar-refractivity contribution in [1.82, 2.24) is 4.98 Å². The van der Waals surface area contributed by atoms with Crippen molar-refractivity contribution in [2.45, 2.75) is 10.6 Å². The molecule has 1 atom stereocenters. The molecule has 0 aliphatic rings. The number of thiophene rings is 1. The van der Waals surface area contributed by atoms with E-state index in [2.05, 4.69) is 4.98 Å². The molecule has 0 fully saturated rings. The molecule has 0 aromatic carbocycles. The summed E-state index contributed by atoms with van der Waals surface area (Å²) in [4.78, 5) is 5.47. The SMILES string of the molecule is Nc1cnccc1S(=O)Cc1ccc(Cl)s1. The van der Waals surface area contributed by atoms with Gasteiger partial charge in [-0.2, -0.15) is 0 Å². The van der Waals surface area contributed by atoms with Crippen LogP contribution in [-0.4, -0.2) is 9.19 Å². The molecule has 0 bridgehead atoms. The highest BCUT2D eigenvalue weighted by Crippen LogP contribution is 2.25. The van der Waals surface area contributed by atoms with Crippen molar-refractivity contribution in [3.05, 3.63) is 39.8 Å². The minimum absolute atomic E-state index is 0.436. The lowest BCUT2D eigenvalue weighted by Gasteiger charge is -2.03. The average Bonchev–Trinajstić information content (AvgIpc) is 2.64. The lowest BCUT2D eigenvalue weighted by atomic mass is 10.4. The third kappa shape index (κ3) is 2.61. The number of nitrogens with two attached hydrogens (primary N) is 1. The van der Waals surface area contributed by atoms with E-state index >= 15 is 0 Å². The van der Waals surface area contributed by atoms with E-state index in [0.717, 1.165) is 4.88 Å². The molecule has 2 rings (SSSR count). The van der Waals surface area contributed by atoms with Gasteiger partial charge in [-0.1, -0.05) is 11.6 Å². The Bertz CT molecular complexity index is 527. The fraction of sp³-hybridized carbons (Fsp3) is 0.100. The van der Waals surface area contributed by atoms with Gasteiger partial charge in [-0.3, -0.25) is 9.19 Å². The van der Waals surface area contributed by atoms with E-state index in [1.165, 1.54) is 17.5 Å². The summed E-state index contributed by atoms with van der Waals surface area (Å²) < 4.78 is 12.7. The Kier molecular flexibility index (Phi) is 3.58. The van der Waals surface area contributed by atoms with Gasteiger partial charge in [0.15, 0.2) is 0 Å². The maximum atomic E-state index is 12.0. The molecule has 0 spiro atoms. The Labute approximate surface area is 105 Å². The molecule has 0 amide bonds. The second-order valence-electron chi connectivity index (χ2n) is 3.11. The number of pyridine rings is 1. The molecule has 16 heavy (non-hydrogen) atoms. The van der Waals surface area contributed by atoms with Gasteiger partial charge in [-0.05, 0) is 18.2 Å². The fourth-order valence-corrected chi connectivity index (χ4v) is 3.72. The summed E-state index contributed by atoms with van der Waals surface area (Å²) in [6.07, 6.45) is 3.10. The summed E-state index contributed by atoms with van der Waals surface area (Å²) in [6.45, 7) is 0. The summed E-state index contributed by atoms with van der Waals surface area (Å²) in [5.41, 5.74) is 6.16. The minimum Gasteiger partial charge on any atom is -0.396 e. The van der Waals surface area contributed by atoms with Gasteiger partial charge in [0.05, 0.1) is 37.7 Å². The predicted octanol–water partition coefficient (Wildman–Crippen LogP) is 2.69. The van der Waals surface area contributed by atoms with Crippen molar-refractivity contribution in [2.24, 2.45) is 0 Å². The van der Waals surface area contributed by atoms with Gasteiger partial charge in [0.2, 0.25) is 0 Å². The summed E-state index contributed by atoms with van der Waals surface area (Å²) in [5, 5.41) is 0. The zero-order chi connectivity index (χ0) is 11.5. The summed E-state index contributed by atoms with van der Waals surface area (Å²) in [5.74, 6) is 0.436. The third-order valence-electron chi connectivity index (χ3n) is 1.96. The van der Waals surface area contributed by atoms with Crippen molar-refractivity contribution in [3.63, 3.8) is 0 Å². The molecule has 2 N–H and O–H groups in total. The molecule has 1 unspecified atom stereocenters.